The maximum Gasteiger partial charge on any atom is 0.0789 e. The average molecular weight is 295 g/mol. The van der Waals surface area contributed by atoms with Crippen LogP contribution in [0.3, 0.4) is 0 Å². The monoisotopic (exact) mass is 295 g/mol. The van der Waals surface area contributed by atoms with Gasteiger partial charge in [0.05, 0.1) is 45.7 Å². The fourth-order valence-corrected chi connectivity index (χ4v) is 2.27. The normalized spacial score (nSPS) is 17.3. The zero-order valence-corrected chi connectivity index (χ0v) is 12.7. The van der Waals surface area contributed by atoms with Crippen LogP contribution in [0, 0.1) is 0 Å². The first-order valence-electron chi connectivity index (χ1n) is 7.48. The summed E-state index contributed by atoms with van der Waals surface area (Å²) < 4.78 is 21.5. The summed E-state index contributed by atoms with van der Waals surface area (Å²) in [6.07, 6.45) is 1.19. The molecule has 1 aliphatic heterocycles. The van der Waals surface area contributed by atoms with E-state index in [2.05, 4.69) is 29.6 Å². The van der Waals surface area contributed by atoms with Crippen molar-refractivity contribution in [2.45, 2.75) is 12.5 Å². The molecule has 0 amide bonds. The lowest BCUT2D eigenvalue weighted by Crippen LogP contribution is -2.31. The molecule has 5 heteroatoms. The van der Waals surface area contributed by atoms with Gasteiger partial charge in [-0.3, -0.25) is 0 Å². The molecule has 118 valence electrons. The van der Waals surface area contributed by atoms with Crippen LogP contribution in [0.4, 0.5) is 5.69 Å². The Hall–Kier alpha value is -1.14. The Morgan fingerprint density at radius 1 is 1.00 bits per heavy atom. The van der Waals surface area contributed by atoms with E-state index in [1.54, 1.807) is 7.11 Å². The van der Waals surface area contributed by atoms with Crippen LogP contribution < -0.4 is 5.32 Å². The predicted octanol–water partition coefficient (Wildman–Crippen LogP) is 1.72. The number of hydrogen-bond donors (Lipinski definition) is 1. The highest BCUT2D eigenvalue weighted by Gasteiger charge is 2.17. The third-order valence-corrected chi connectivity index (χ3v) is 3.37. The molecular weight excluding hydrogens is 270 g/mol. The Kier molecular flexibility index (Phi) is 7.53. The lowest BCUT2D eigenvalue weighted by atomic mass is 10.0. The third kappa shape index (κ3) is 6.01. The molecule has 0 aromatic heterocycles. The van der Waals surface area contributed by atoms with Gasteiger partial charge in [-0.1, -0.05) is 18.2 Å². The van der Waals surface area contributed by atoms with Gasteiger partial charge in [0.25, 0.3) is 0 Å². The Morgan fingerprint density at radius 2 is 1.71 bits per heavy atom. The van der Waals surface area contributed by atoms with Gasteiger partial charge >= 0.3 is 0 Å². The minimum absolute atomic E-state index is 0.224. The highest BCUT2D eigenvalue weighted by molar-refractivity contribution is 5.53. The van der Waals surface area contributed by atoms with Gasteiger partial charge in [0.2, 0.25) is 0 Å². The van der Waals surface area contributed by atoms with Crippen molar-refractivity contribution in [3.8, 4) is 0 Å². The summed E-state index contributed by atoms with van der Waals surface area (Å²) in [5, 5.41) is 3.40. The molecule has 0 spiro atoms. The molecule has 0 saturated heterocycles. The lowest BCUT2D eigenvalue weighted by molar-refractivity contribution is -0.0135. The van der Waals surface area contributed by atoms with Crippen molar-refractivity contribution >= 4 is 5.69 Å². The average Bonchev–Trinajstić information content (AvgIpc) is 2.53. The largest absolute Gasteiger partial charge is 0.382 e. The first kappa shape index (κ1) is 16.2. The summed E-state index contributed by atoms with van der Waals surface area (Å²) in [5.41, 5.74) is 2.54. The number of rotatable bonds is 10. The number of benzene rings is 1. The molecule has 5 nitrogen and oxygen atoms in total. The van der Waals surface area contributed by atoms with E-state index < -0.39 is 0 Å². The van der Waals surface area contributed by atoms with Gasteiger partial charge in [0, 0.05) is 25.8 Å². The van der Waals surface area contributed by atoms with Crippen molar-refractivity contribution in [1.82, 2.24) is 0 Å². The molecule has 1 aromatic rings. The van der Waals surface area contributed by atoms with Gasteiger partial charge in [-0.15, -0.1) is 0 Å². The second-order valence-electron chi connectivity index (χ2n) is 4.95. The molecule has 21 heavy (non-hydrogen) atoms. The van der Waals surface area contributed by atoms with Crippen molar-refractivity contribution < 1.29 is 18.9 Å². The summed E-state index contributed by atoms with van der Waals surface area (Å²) in [6, 6.07) is 8.37. The summed E-state index contributed by atoms with van der Waals surface area (Å²) in [4.78, 5) is 0. The van der Waals surface area contributed by atoms with E-state index in [1.807, 2.05) is 0 Å². The van der Waals surface area contributed by atoms with E-state index in [-0.39, 0.29) is 6.10 Å². The molecule has 0 bridgehead atoms. The molecule has 1 aliphatic rings. The number of fused-ring (bicyclic) bond motifs is 1. The fraction of sp³-hybridized carbons (Fsp3) is 0.625. The van der Waals surface area contributed by atoms with E-state index in [0.717, 1.165) is 13.0 Å². The highest BCUT2D eigenvalue weighted by atomic mass is 16.6. The van der Waals surface area contributed by atoms with E-state index in [1.165, 1.54) is 11.3 Å². The molecule has 1 heterocycles. The number of nitrogens with one attached hydrogen (secondary N) is 1. The van der Waals surface area contributed by atoms with Crippen LogP contribution >= 0.6 is 0 Å². The minimum Gasteiger partial charge on any atom is -0.382 e. The standard InChI is InChI=1S/C16H25NO4/c1-18-6-7-19-8-9-20-10-11-21-15-12-14-4-2-3-5-16(14)17-13-15/h2-5,15,17H,6-13H2,1H3. The fourth-order valence-electron chi connectivity index (χ4n) is 2.27. The molecule has 0 saturated carbocycles. The van der Waals surface area contributed by atoms with E-state index in [4.69, 9.17) is 18.9 Å². The first-order chi connectivity index (χ1) is 10.4. The molecule has 1 aromatic carbocycles. The summed E-state index contributed by atoms with van der Waals surface area (Å²) in [7, 11) is 1.66. The Bertz CT molecular complexity index is 400. The molecule has 2 rings (SSSR count). The van der Waals surface area contributed by atoms with Crippen molar-refractivity contribution in [3.63, 3.8) is 0 Å². The lowest BCUT2D eigenvalue weighted by Gasteiger charge is -2.26. The van der Waals surface area contributed by atoms with Crippen molar-refractivity contribution in [1.29, 1.82) is 0 Å². The molecule has 1 N–H and O–H groups in total. The second kappa shape index (κ2) is 9.73. The van der Waals surface area contributed by atoms with Crippen molar-refractivity contribution in [2.24, 2.45) is 0 Å². The highest BCUT2D eigenvalue weighted by Crippen LogP contribution is 2.22. The number of para-hydroxylation sites is 1. The maximum absolute atomic E-state index is 5.84. The van der Waals surface area contributed by atoms with Crippen LogP contribution in [0.25, 0.3) is 0 Å². The molecule has 1 unspecified atom stereocenters. The second-order valence-corrected chi connectivity index (χ2v) is 4.95. The van der Waals surface area contributed by atoms with Crippen LogP contribution in [-0.2, 0) is 25.4 Å². The minimum atomic E-state index is 0.224. The zero-order valence-electron chi connectivity index (χ0n) is 12.7. The van der Waals surface area contributed by atoms with Crippen LogP contribution in [0.5, 0.6) is 0 Å². The number of hydrogen-bond acceptors (Lipinski definition) is 5. The zero-order chi connectivity index (χ0) is 14.8. The third-order valence-electron chi connectivity index (χ3n) is 3.37. The molecule has 1 atom stereocenters. The van der Waals surface area contributed by atoms with Crippen LogP contribution in [0.2, 0.25) is 0 Å². The Labute approximate surface area is 126 Å². The van der Waals surface area contributed by atoms with E-state index in [9.17, 15) is 0 Å². The van der Waals surface area contributed by atoms with Gasteiger partial charge < -0.3 is 24.3 Å². The number of anilines is 1. The Balaban J connectivity index is 1.49. The van der Waals surface area contributed by atoms with Crippen molar-refractivity contribution in [3.05, 3.63) is 29.8 Å². The SMILES string of the molecule is COCCOCCOCCOC1CNc2ccccc2C1. The van der Waals surface area contributed by atoms with Gasteiger partial charge in [-0.2, -0.15) is 0 Å². The molecule has 0 fully saturated rings. The summed E-state index contributed by atoms with van der Waals surface area (Å²) in [5.74, 6) is 0. The summed E-state index contributed by atoms with van der Waals surface area (Å²) >= 11 is 0. The molecular formula is C16H25NO4. The predicted molar refractivity (Wildman–Crippen MR) is 81.9 cm³/mol. The molecule has 0 radical (unpaired) electrons. The van der Waals surface area contributed by atoms with Gasteiger partial charge in [0.1, 0.15) is 0 Å². The maximum atomic E-state index is 5.84. The number of ether oxygens (including phenoxy) is 4. The van der Waals surface area contributed by atoms with E-state index in [0.29, 0.717) is 39.6 Å². The quantitative estimate of drug-likeness (QED) is 0.666. The van der Waals surface area contributed by atoms with E-state index >= 15 is 0 Å². The summed E-state index contributed by atoms with van der Waals surface area (Å²) in [6.45, 7) is 4.51. The Morgan fingerprint density at radius 3 is 2.52 bits per heavy atom. The van der Waals surface area contributed by atoms with Gasteiger partial charge in [-0.25, -0.2) is 0 Å². The van der Waals surface area contributed by atoms with Crippen LogP contribution in [-0.4, -0.2) is 59.4 Å². The van der Waals surface area contributed by atoms with Gasteiger partial charge in [-0.05, 0) is 11.6 Å². The van der Waals surface area contributed by atoms with Crippen LogP contribution in [0.1, 0.15) is 5.56 Å². The van der Waals surface area contributed by atoms with Crippen molar-refractivity contribution in [2.75, 3.05) is 58.6 Å². The topological polar surface area (TPSA) is 49.0 Å². The van der Waals surface area contributed by atoms with Gasteiger partial charge in [0.15, 0.2) is 0 Å². The molecule has 0 aliphatic carbocycles. The number of methoxy groups -OCH3 is 1. The first-order valence-corrected chi connectivity index (χ1v) is 7.48. The smallest absolute Gasteiger partial charge is 0.0789 e. The van der Waals surface area contributed by atoms with Crippen LogP contribution in [0.15, 0.2) is 24.3 Å².